The highest BCUT2D eigenvalue weighted by molar-refractivity contribution is 6.43. The quantitative estimate of drug-likeness (QED) is 0.674. The van der Waals surface area contributed by atoms with Gasteiger partial charge in [-0.3, -0.25) is 4.79 Å². The zero-order chi connectivity index (χ0) is 19.4. The number of nitriles is 1. The average Bonchev–Trinajstić information content (AvgIpc) is 3.06. The predicted octanol–water partition coefficient (Wildman–Crippen LogP) is 1.47. The lowest BCUT2D eigenvalue weighted by Gasteiger charge is -2.21. The average molecular weight is 364 g/mol. The number of ether oxygens (including phenoxy) is 1. The van der Waals surface area contributed by atoms with Crippen molar-refractivity contribution < 1.29 is 19.6 Å². The van der Waals surface area contributed by atoms with E-state index in [1.54, 1.807) is 24.3 Å². The summed E-state index contributed by atoms with van der Waals surface area (Å²) in [6, 6.07) is 14.8. The molecule has 27 heavy (non-hydrogen) atoms. The van der Waals surface area contributed by atoms with Gasteiger partial charge in [0.15, 0.2) is 0 Å². The van der Waals surface area contributed by atoms with Crippen molar-refractivity contribution in [2.24, 2.45) is 0 Å². The van der Waals surface area contributed by atoms with Crippen molar-refractivity contribution >= 4 is 13.0 Å². The zero-order valence-corrected chi connectivity index (χ0v) is 15.1. The van der Waals surface area contributed by atoms with Crippen LogP contribution in [0.4, 0.5) is 0 Å². The van der Waals surface area contributed by atoms with Crippen LogP contribution in [-0.2, 0) is 11.2 Å². The van der Waals surface area contributed by atoms with E-state index in [1.807, 2.05) is 25.1 Å². The largest absolute Gasteiger partial charge is 0.492 e. The number of nitrogens with zero attached hydrogens (tertiary/aromatic N) is 1. The Morgan fingerprint density at radius 2 is 2.11 bits per heavy atom. The number of rotatable bonds is 6. The van der Waals surface area contributed by atoms with Gasteiger partial charge in [0.1, 0.15) is 5.75 Å². The van der Waals surface area contributed by atoms with E-state index in [2.05, 4.69) is 11.4 Å². The lowest BCUT2D eigenvalue weighted by molar-refractivity contribution is -0.120. The molecule has 1 heterocycles. The first-order chi connectivity index (χ1) is 13.0. The van der Waals surface area contributed by atoms with E-state index in [1.165, 1.54) is 0 Å². The van der Waals surface area contributed by atoms with Gasteiger partial charge in [-0.15, -0.1) is 0 Å². The van der Waals surface area contributed by atoms with E-state index in [4.69, 9.17) is 10.00 Å². The molecular weight excluding hydrogens is 343 g/mol. The van der Waals surface area contributed by atoms with Crippen LogP contribution in [0.3, 0.4) is 0 Å². The summed E-state index contributed by atoms with van der Waals surface area (Å²) in [6.07, 6.45) is 0.351. The number of nitrogens with one attached hydrogen (secondary N) is 1. The second kappa shape index (κ2) is 8.25. The Morgan fingerprint density at radius 1 is 1.33 bits per heavy atom. The summed E-state index contributed by atoms with van der Waals surface area (Å²) in [5.41, 5.74) is 3.09. The van der Waals surface area contributed by atoms with Gasteiger partial charge < -0.3 is 20.1 Å². The monoisotopic (exact) mass is 364 g/mol. The van der Waals surface area contributed by atoms with Crippen molar-refractivity contribution in [1.29, 1.82) is 5.26 Å². The fourth-order valence-corrected chi connectivity index (χ4v) is 3.44. The van der Waals surface area contributed by atoms with E-state index in [-0.39, 0.29) is 18.2 Å². The Hall–Kier alpha value is -2.82. The molecule has 0 radical (unpaired) electrons. The minimum Gasteiger partial charge on any atom is -0.492 e. The number of hydrogen-bond donors (Lipinski definition) is 3. The number of carbonyl (C=O) groups excluding carboxylic acids is 1. The highest BCUT2D eigenvalue weighted by Crippen LogP contribution is 2.38. The summed E-state index contributed by atoms with van der Waals surface area (Å²) >= 11 is 0. The fraction of sp³-hybridized carbons (Fsp3) is 0.300. The molecule has 0 saturated carbocycles. The van der Waals surface area contributed by atoms with Crippen LogP contribution in [0.1, 0.15) is 34.6 Å². The molecule has 1 unspecified atom stereocenters. The highest BCUT2D eigenvalue weighted by atomic mass is 16.5. The summed E-state index contributed by atoms with van der Waals surface area (Å²) in [4.78, 5) is 12.4. The van der Waals surface area contributed by atoms with Gasteiger partial charge in [0, 0.05) is 11.5 Å². The smallest absolute Gasteiger partial charge is 0.475 e. The summed E-state index contributed by atoms with van der Waals surface area (Å²) < 4.78 is 5.74. The Balaban J connectivity index is 1.68. The first kappa shape index (κ1) is 19.0. The van der Waals surface area contributed by atoms with Gasteiger partial charge in [-0.1, -0.05) is 36.4 Å². The minimum absolute atomic E-state index is 0.00378. The van der Waals surface area contributed by atoms with Crippen LogP contribution >= 0.6 is 0 Å². The Morgan fingerprint density at radius 3 is 2.85 bits per heavy atom. The van der Waals surface area contributed by atoms with Gasteiger partial charge in [-0.05, 0) is 30.5 Å². The van der Waals surface area contributed by atoms with Crippen molar-refractivity contribution in [3.05, 3.63) is 64.7 Å². The molecule has 2 aromatic carbocycles. The van der Waals surface area contributed by atoms with Gasteiger partial charge in [0.05, 0.1) is 30.6 Å². The van der Waals surface area contributed by atoms with Crippen LogP contribution in [0.5, 0.6) is 5.75 Å². The van der Waals surface area contributed by atoms with Crippen LogP contribution in [0.25, 0.3) is 0 Å². The lowest BCUT2D eigenvalue weighted by Crippen LogP contribution is -2.48. The first-order valence-electron chi connectivity index (χ1n) is 8.85. The molecule has 0 spiro atoms. The third-order valence-electron chi connectivity index (χ3n) is 4.84. The molecule has 1 aliphatic heterocycles. The molecule has 2 aromatic rings. The molecule has 0 aliphatic carbocycles. The van der Waals surface area contributed by atoms with Gasteiger partial charge in [0.25, 0.3) is 0 Å². The number of amides is 1. The number of benzene rings is 2. The number of aryl methyl sites for hydroxylation is 1. The van der Waals surface area contributed by atoms with Gasteiger partial charge in [-0.2, -0.15) is 5.26 Å². The topological polar surface area (TPSA) is 103 Å². The number of fused-ring (bicyclic) bond motifs is 1. The van der Waals surface area contributed by atoms with Gasteiger partial charge in [0.2, 0.25) is 5.91 Å². The van der Waals surface area contributed by atoms with Crippen molar-refractivity contribution in [2.75, 3.05) is 6.61 Å². The maximum Gasteiger partial charge on any atom is 0.475 e. The van der Waals surface area contributed by atoms with Crippen LogP contribution in [0.15, 0.2) is 42.5 Å². The Kier molecular flexibility index (Phi) is 5.80. The normalized spacial score (nSPS) is 16.0. The number of para-hydroxylation sites is 1. The number of carbonyl (C=O) groups is 1. The molecule has 3 N–H and O–H groups in total. The second-order valence-corrected chi connectivity index (χ2v) is 6.77. The molecule has 0 saturated heterocycles. The molecule has 1 aliphatic rings. The molecule has 138 valence electrons. The molecule has 7 heteroatoms. The molecule has 2 atom stereocenters. The van der Waals surface area contributed by atoms with Crippen LogP contribution < -0.4 is 10.1 Å². The standard InChI is InChI=1S/C20H21BN2O4/c1-13-5-4-8-17-16(12-27-20(13)17)9-18(21(25)26)23-19(24)10-14-6-2-3-7-15(14)11-22/h2-8,16,18,25-26H,9-10,12H2,1H3,(H,23,24)/t16-,18?/m1/s1. The summed E-state index contributed by atoms with van der Waals surface area (Å²) in [5.74, 6) is -0.382. The number of hydrogen-bond acceptors (Lipinski definition) is 5. The maximum absolute atomic E-state index is 12.4. The Bertz CT molecular complexity index is 879. The summed E-state index contributed by atoms with van der Waals surface area (Å²) in [5, 5.41) is 31.3. The van der Waals surface area contributed by atoms with E-state index >= 15 is 0 Å². The SMILES string of the molecule is Cc1cccc2c1OC[C@H]2CC(NC(=O)Cc1ccccc1C#N)B(O)O. The third kappa shape index (κ3) is 4.30. The highest BCUT2D eigenvalue weighted by Gasteiger charge is 2.33. The lowest BCUT2D eigenvalue weighted by atomic mass is 9.73. The second-order valence-electron chi connectivity index (χ2n) is 6.77. The van der Waals surface area contributed by atoms with Crippen molar-refractivity contribution in [1.82, 2.24) is 5.32 Å². The van der Waals surface area contributed by atoms with E-state index in [0.717, 1.165) is 16.9 Å². The predicted molar refractivity (Wildman–Crippen MR) is 101 cm³/mol. The first-order valence-corrected chi connectivity index (χ1v) is 8.85. The molecule has 3 rings (SSSR count). The molecule has 0 fully saturated rings. The van der Waals surface area contributed by atoms with Crippen molar-refractivity contribution in [3.63, 3.8) is 0 Å². The maximum atomic E-state index is 12.4. The molecule has 0 bridgehead atoms. The van der Waals surface area contributed by atoms with Crippen LogP contribution in [0.2, 0.25) is 0 Å². The fourth-order valence-electron chi connectivity index (χ4n) is 3.44. The van der Waals surface area contributed by atoms with Crippen molar-refractivity contribution in [3.8, 4) is 11.8 Å². The van der Waals surface area contributed by atoms with Gasteiger partial charge >= 0.3 is 7.12 Å². The van der Waals surface area contributed by atoms with E-state index in [0.29, 0.717) is 24.2 Å². The molecule has 1 amide bonds. The van der Waals surface area contributed by atoms with Crippen LogP contribution in [-0.4, -0.2) is 35.6 Å². The van der Waals surface area contributed by atoms with E-state index in [9.17, 15) is 14.8 Å². The van der Waals surface area contributed by atoms with E-state index < -0.39 is 13.1 Å². The van der Waals surface area contributed by atoms with Crippen LogP contribution in [0, 0.1) is 18.3 Å². The Labute approximate surface area is 158 Å². The third-order valence-corrected chi connectivity index (χ3v) is 4.84. The van der Waals surface area contributed by atoms with Crippen molar-refractivity contribution in [2.45, 2.75) is 31.6 Å². The summed E-state index contributed by atoms with van der Waals surface area (Å²) in [7, 11) is -1.69. The molecular formula is C20H21BN2O4. The van der Waals surface area contributed by atoms with Gasteiger partial charge in [-0.25, -0.2) is 0 Å². The molecule has 0 aromatic heterocycles. The summed E-state index contributed by atoms with van der Waals surface area (Å²) in [6.45, 7) is 2.41. The molecule has 6 nitrogen and oxygen atoms in total. The minimum atomic E-state index is -1.69. The zero-order valence-electron chi connectivity index (χ0n) is 15.1.